The van der Waals surface area contributed by atoms with Gasteiger partial charge in [-0.05, 0) is 35.9 Å². The quantitative estimate of drug-likeness (QED) is 0.539. The summed E-state index contributed by atoms with van der Waals surface area (Å²) in [5, 5.41) is 0. The summed E-state index contributed by atoms with van der Waals surface area (Å²) in [6.45, 7) is -2.21. The van der Waals surface area contributed by atoms with Crippen LogP contribution in [-0.2, 0) is 13.2 Å². The summed E-state index contributed by atoms with van der Waals surface area (Å²) in [5.74, 6) is 0.833. The molecule has 0 saturated carbocycles. The van der Waals surface area contributed by atoms with Crippen LogP contribution in [0.3, 0.4) is 0 Å². The molecule has 3 aromatic rings. The topological polar surface area (TPSA) is 48.0 Å². The highest BCUT2D eigenvalue weighted by Crippen LogP contribution is 2.42. The number of hydrogen-bond acceptors (Lipinski definition) is 5. The van der Waals surface area contributed by atoms with Crippen LogP contribution < -0.4 is 14.2 Å². The molecule has 0 unspecified atom stereocenters. The van der Waals surface area contributed by atoms with E-state index in [0.29, 0.717) is 18.0 Å². The highest BCUT2D eigenvalue weighted by atomic mass is 32.1. The maximum atomic E-state index is 13.0. The average Bonchev–Trinajstić information content (AvgIpc) is 3.18. The van der Waals surface area contributed by atoms with Crippen LogP contribution in [-0.4, -0.2) is 31.6 Å². The van der Waals surface area contributed by atoms with Crippen LogP contribution in [0.25, 0.3) is 10.4 Å². The van der Waals surface area contributed by atoms with Crippen LogP contribution in [0.5, 0.6) is 17.2 Å². The van der Waals surface area contributed by atoms with Crippen molar-refractivity contribution in [2.75, 3.05) is 14.2 Å². The van der Waals surface area contributed by atoms with Crippen molar-refractivity contribution in [1.82, 2.24) is 4.90 Å². The third kappa shape index (κ3) is 3.95. The molecule has 8 heteroatoms. The molecule has 156 valence electrons. The van der Waals surface area contributed by atoms with E-state index in [9.17, 15) is 13.6 Å². The van der Waals surface area contributed by atoms with Crippen LogP contribution in [0.4, 0.5) is 8.78 Å². The number of ether oxygens (including phenoxy) is 3. The van der Waals surface area contributed by atoms with Crippen LogP contribution in [0, 0.1) is 0 Å². The molecule has 0 saturated heterocycles. The number of benzene rings is 2. The fraction of sp³-hybridized carbons (Fsp3) is 0.227. The maximum Gasteiger partial charge on any atom is 0.387 e. The molecular weight excluding hydrogens is 412 g/mol. The highest BCUT2D eigenvalue weighted by Gasteiger charge is 2.24. The minimum Gasteiger partial charge on any atom is -0.493 e. The Labute approximate surface area is 176 Å². The average molecular weight is 431 g/mol. The summed E-state index contributed by atoms with van der Waals surface area (Å²) < 4.78 is 40.3. The molecule has 0 aliphatic carbocycles. The lowest BCUT2D eigenvalue weighted by Gasteiger charge is -2.18. The van der Waals surface area contributed by atoms with E-state index in [4.69, 9.17) is 9.47 Å². The first-order valence-electron chi connectivity index (χ1n) is 9.18. The first-order chi connectivity index (χ1) is 14.5. The molecule has 0 bridgehead atoms. The second-order valence-corrected chi connectivity index (χ2v) is 7.83. The van der Waals surface area contributed by atoms with E-state index in [2.05, 4.69) is 4.74 Å². The largest absolute Gasteiger partial charge is 0.493 e. The van der Waals surface area contributed by atoms with Crippen molar-refractivity contribution in [2.24, 2.45) is 0 Å². The number of para-hydroxylation sites is 1. The number of nitrogens with zero attached hydrogens (tertiary/aromatic N) is 1. The minimum absolute atomic E-state index is 0.0465. The van der Waals surface area contributed by atoms with Gasteiger partial charge in [-0.15, -0.1) is 11.3 Å². The number of thiophene rings is 1. The van der Waals surface area contributed by atoms with Gasteiger partial charge < -0.3 is 19.1 Å². The Hall–Kier alpha value is -3.13. The number of methoxy groups -OCH3 is 1. The van der Waals surface area contributed by atoms with E-state index in [1.165, 1.54) is 24.5 Å². The summed E-state index contributed by atoms with van der Waals surface area (Å²) >= 11 is 1.44. The minimum atomic E-state index is -2.94. The molecule has 1 amide bonds. The monoisotopic (exact) mass is 431 g/mol. The Morgan fingerprint density at radius 2 is 2.00 bits per heavy atom. The summed E-state index contributed by atoms with van der Waals surface area (Å²) in [7, 11) is 3.07. The Morgan fingerprint density at radius 3 is 2.77 bits per heavy atom. The lowest BCUT2D eigenvalue weighted by atomic mass is 10.1. The normalized spacial score (nSPS) is 12.0. The van der Waals surface area contributed by atoms with Gasteiger partial charge in [-0.3, -0.25) is 4.79 Å². The Kier molecular flexibility index (Phi) is 5.59. The number of rotatable bonds is 6. The summed E-state index contributed by atoms with van der Waals surface area (Å²) in [6.07, 6.45) is 0. The third-order valence-corrected chi connectivity index (χ3v) is 5.94. The lowest BCUT2D eigenvalue weighted by Crippen LogP contribution is -2.25. The first kappa shape index (κ1) is 20.2. The van der Waals surface area contributed by atoms with Gasteiger partial charge in [0.15, 0.2) is 11.5 Å². The molecule has 2 aromatic carbocycles. The van der Waals surface area contributed by atoms with Crippen LogP contribution in [0.1, 0.15) is 20.8 Å². The van der Waals surface area contributed by atoms with E-state index < -0.39 is 6.61 Å². The molecule has 0 N–H and O–H groups in total. The number of halogens is 2. The van der Waals surface area contributed by atoms with Crippen LogP contribution in [0.2, 0.25) is 0 Å². The second kappa shape index (κ2) is 8.31. The van der Waals surface area contributed by atoms with Gasteiger partial charge in [-0.1, -0.05) is 18.2 Å². The summed E-state index contributed by atoms with van der Waals surface area (Å²) in [5.41, 5.74) is 2.72. The third-order valence-electron chi connectivity index (χ3n) is 4.75. The molecule has 1 aromatic heterocycles. The number of carbonyl (C=O) groups is 1. The van der Waals surface area contributed by atoms with E-state index >= 15 is 0 Å². The van der Waals surface area contributed by atoms with Gasteiger partial charge in [-0.25, -0.2) is 0 Å². The van der Waals surface area contributed by atoms with Gasteiger partial charge in [0.05, 0.1) is 12.0 Å². The smallest absolute Gasteiger partial charge is 0.387 e. The molecule has 0 spiro atoms. The van der Waals surface area contributed by atoms with Gasteiger partial charge >= 0.3 is 6.61 Å². The van der Waals surface area contributed by atoms with Gasteiger partial charge in [0.2, 0.25) is 0 Å². The van der Waals surface area contributed by atoms with Crippen molar-refractivity contribution in [3.63, 3.8) is 0 Å². The molecule has 30 heavy (non-hydrogen) atoms. The first-order valence-corrected chi connectivity index (χ1v) is 10.00. The van der Waals surface area contributed by atoms with Gasteiger partial charge in [0.25, 0.3) is 5.91 Å². The molecule has 5 nitrogen and oxygen atoms in total. The second-order valence-electron chi connectivity index (χ2n) is 6.77. The van der Waals surface area contributed by atoms with Crippen molar-refractivity contribution < 1.29 is 27.8 Å². The van der Waals surface area contributed by atoms with E-state index in [1.54, 1.807) is 24.1 Å². The lowest BCUT2D eigenvalue weighted by molar-refractivity contribution is -0.0512. The molecule has 2 heterocycles. The van der Waals surface area contributed by atoms with Gasteiger partial charge in [0.1, 0.15) is 12.4 Å². The molecule has 1 aliphatic heterocycles. The zero-order chi connectivity index (χ0) is 21.3. The predicted octanol–water partition coefficient (Wildman–Crippen LogP) is 5.19. The van der Waals surface area contributed by atoms with E-state index in [1.807, 2.05) is 30.3 Å². The van der Waals surface area contributed by atoms with Crippen molar-refractivity contribution >= 4 is 17.2 Å². The van der Waals surface area contributed by atoms with Crippen molar-refractivity contribution in [3.8, 4) is 27.7 Å². The Balaban J connectivity index is 1.52. The van der Waals surface area contributed by atoms with Crippen LogP contribution >= 0.6 is 11.3 Å². The van der Waals surface area contributed by atoms with E-state index in [0.717, 1.165) is 27.3 Å². The van der Waals surface area contributed by atoms with Crippen LogP contribution in [0.15, 0.2) is 48.5 Å². The van der Waals surface area contributed by atoms with Crippen molar-refractivity contribution in [3.05, 3.63) is 64.5 Å². The number of alkyl halides is 2. The van der Waals surface area contributed by atoms with Gasteiger partial charge in [-0.2, -0.15) is 8.78 Å². The van der Waals surface area contributed by atoms with Gasteiger partial charge in [0, 0.05) is 29.6 Å². The molecule has 0 radical (unpaired) electrons. The summed E-state index contributed by atoms with van der Waals surface area (Å²) in [6, 6.07) is 14.3. The number of carbonyl (C=O) groups excluding carboxylic acids is 1. The highest BCUT2D eigenvalue weighted by molar-refractivity contribution is 7.17. The zero-order valence-electron chi connectivity index (χ0n) is 16.4. The fourth-order valence-electron chi connectivity index (χ4n) is 3.34. The predicted molar refractivity (Wildman–Crippen MR) is 110 cm³/mol. The molecular formula is C22H19F2NO4S. The Morgan fingerprint density at radius 1 is 1.20 bits per heavy atom. The molecule has 1 aliphatic rings. The molecule has 0 atom stereocenters. The maximum absolute atomic E-state index is 13.0. The zero-order valence-corrected chi connectivity index (χ0v) is 17.2. The van der Waals surface area contributed by atoms with Crippen molar-refractivity contribution in [1.29, 1.82) is 0 Å². The van der Waals surface area contributed by atoms with Crippen molar-refractivity contribution in [2.45, 2.75) is 19.8 Å². The molecule has 0 fully saturated rings. The number of amides is 1. The standard InChI is InChI=1S/C22H19F2NO4S/c1-25(11-13-7-8-17(29-22(23)24)18(9-13)27-2)21(26)19-10-14-12-28-16-6-4-3-5-15(16)20(14)30-19/h3-10,22H,11-12H2,1-2H3. The molecule has 4 rings (SSSR count). The number of hydrogen-bond donors (Lipinski definition) is 0. The number of fused-ring (bicyclic) bond motifs is 3. The Bertz CT molecular complexity index is 1080. The summed E-state index contributed by atoms with van der Waals surface area (Å²) in [4.78, 5) is 16.2. The SMILES string of the molecule is COc1cc(CN(C)C(=O)c2cc3c(s2)-c2ccccc2OC3)ccc1OC(F)F. The van der Waals surface area contributed by atoms with E-state index in [-0.39, 0.29) is 17.4 Å². The fourth-order valence-corrected chi connectivity index (χ4v) is 4.53.